The molecule has 0 amide bonds. The zero-order valence-electron chi connectivity index (χ0n) is 11.4. The summed E-state index contributed by atoms with van der Waals surface area (Å²) in [7, 11) is -3.06. The van der Waals surface area contributed by atoms with Crippen molar-refractivity contribution >= 4 is 15.8 Å². The molecule has 0 aromatic carbocycles. The molecular formula is C12H23N3O2S. The van der Waals surface area contributed by atoms with E-state index in [-0.39, 0.29) is 10.8 Å². The van der Waals surface area contributed by atoms with Crippen molar-refractivity contribution in [1.82, 2.24) is 4.90 Å². The standard InChI is InChI=1S/C12H23N3O2S/c1-9(2)7-15-11(13)14-8-12(15)6-4-5-10(12)18(3,16)17/h9-10H,4-8H2,1-3H3,(H2,13,14). The minimum Gasteiger partial charge on any atom is -0.370 e. The van der Waals surface area contributed by atoms with Crippen LogP contribution in [0.3, 0.4) is 0 Å². The summed E-state index contributed by atoms with van der Waals surface area (Å²) >= 11 is 0. The molecule has 1 heterocycles. The van der Waals surface area contributed by atoms with Crippen LogP contribution in [-0.2, 0) is 9.84 Å². The lowest BCUT2D eigenvalue weighted by atomic mass is 9.95. The SMILES string of the molecule is CC(C)CN1C(N)=NCC12CCCC2S(C)(=O)=O. The van der Waals surface area contributed by atoms with Gasteiger partial charge in [-0.05, 0) is 25.2 Å². The van der Waals surface area contributed by atoms with E-state index in [1.54, 1.807) is 0 Å². The first-order chi connectivity index (χ1) is 8.27. The van der Waals surface area contributed by atoms with Gasteiger partial charge in [-0.25, -0.2) is 8.42 Å². The zero-order valence-corrected chi connectivity index (χ0v) is 12.2. The number of hydrogen-bond donors (Lipinski definition) is 1. The van der Waals surface area contributed by atoms with Crippen LogP contribution in [0.4, 0.5) is 0 Å². The molecule has 1 aliphatic heterocycles. The second kappa shape index (κ2) is 4.40. The van der Waals surface area contributed by atoms with Crippen LogP contribution < -0.4 is 5.73 Å². The minimum absolute atomic E-state index is 0.325. The van der Waals surface area contributed by atoms with Crippen LogP contribution >= 0.6 is 0 Å². The number of rotatable bonds is 3. The summed E-state index contributed by atoms with van der Waals surface area (Å²) in [5.74, 6) is 0.953. The molecule has 1 spiro atoms. The normalized spacial score (nSPS) is 32.6. The number of aliphatic imine (C=N–C) groups is 1. The predicted octanol–water partition coefficient (Wildman–Crippen LogP) is 0.609. The molecule has 18 heavy (non-hydrogen) atoms. The summed E-state index contributed by atoms with van der Waals surface area (Å²) in [6.45, 7) is 5.54. The summed E-state index contributed by atoms with van der Waals surface area (Å²) in [5, 5.41) is -0.325. The van der Waals surface area contributed by atoms with Crippen molar-refractivity contribution in [2.45, 2.75) is 43.9 Å². The molecule has 0 saturated heterocycles. The number of nitrogens with zero attached hydrogens (tertiary/aromatic N) is 2. The minimum atomic E-state index is -3.06. The van der Waals surface area contributed by atoms with Crippen LogP contribution in [0.1, 0.15) is 33.1 Å². The molecule has 0 aromatic heterocycles. The molecule has 0 bridgehead atoms. The summed E-state index contributed by atoms with van der Waals surface area (Å²) in [6.07, 6.45) is 3.89. The van der Waals surface area contributed by atoms with Crippen molar-refractivity contribution in [3.8, 4) is 0 Å². The fraction of sp³-hybridized carbons (Fsp3) is 0.917. The van der Waals surface area contributed by atoms with E-state index in [9.17, 15) is 8.42 Å². The molecule has 1 saturated carbocycles. The maximum atomic E-state index is 12.0. The Kier molecular flexibility index (Phi) is 3.34. The number of nitrogens with two attached hydrogens (primary N) is 1. The van der Waals surface area contributed by atoms with Crippen molar-refractivity contribution in [3.05, 3.63) is 0 Å². The Morgan fingerprint density at radius 2 is 2.22 bits per heavy atom. The van der Waals surface area contributed by atoms with Gasteiger partial charge in [0.1, 0.15) is 0 Å². The van der Waals surface area contributed by atoms with Gasteiger partial charge in [-0.3, -0.25) is 4.99 Å². The highest BCUT2D eigenvalue weighted by Crippen LogP contribution is 2.42. The van der Waals surface area contributed by atoms with Gasteiger partial charge in [0.15, 0.2) is 15.8 Å². The molecule has 6 heteroatoms. The first kappa shape index (κ1) is 13.6. The van der Waals surface area contributed by atoms with Crippen LogP contribution in [0.5, 0.6) is 0 Å². The second-order valence-electron chi connectivity index (χ2n) is 5.99. The molecule has 0 aromatic rings. The molecule has 1 aliphatic carbocycles. The van der Waals surface area contributed by atoms with Crippen LogP contribution in [0, 0.1) is 5.92 Å². The van der Waals surface area contributed by atoms with Gasteiger partial charge in [-0.2, -0.15) is 0 Å². The van der Waals surface area contributed by atoms with E-state index in [2.05, 4.69) is 23.7 Å². The van der Waals surface area contributed by atoms with Gasteiger partial charge in [0, 0.05) is 12.8 Å². The summed E-state index contributed by atoms with van der Waals surface area (Å²) in [5.41, 5.74) is 5.60. The van der Waals surface area contributed by atoms with Crippen LogP contribution in [0.2, 0.25) is 0 Å². The van der Waals surface area contributed by atoms with Gasteiger partial charge in [-0.1, -0.05) is 13.8 Å². The lowest BCUT2D eigenvalue weighted by Crippen LogP contribution is -2.58. The van der Waals surface area contributed by atoms with Gasteiger partial charge < -0.3 is 10.6 Å². The van der Waals surface area contributed by atoms with Crippen molar-refractivity contribution in [2.75, 3.05) is 19.3 Å². The highest BCUT2D eigenvalue weighted by atomic mass is 32.2. The fourth-order valence-corrected chi connectivity index (χ4v) is 5.09. The van der Waals surface area contributed by atoms with Crippen molar-refractivity contribution in [2.24, 2.45) is 16.6 Å². The summed E-state index contributed by atoms with van der Waals surface area (Å²) in [6, 6.07) is 0. The Bertz CT molecular complexity index is 458. The Labute approximate surface area is 109 Å². The van der Waals surface area contributed by atoms with Gasteiger partial charge in [-0.15, -0.1) is 0 Å². The molecule has 5 nitrogen and oxygen atoms in total. The topological polar surface area (TPSA) is 75.8 Å². The van der Waals surface area contributed by atoms with Crippen molar-refractivity contribution in [1.29, 1.82) is 0 Å². The summed E-state index contributed by atoms with van der Waals surface area (Å²) < 4.78 is 24.0. The van der Waals surface area contributed by atoms with E-state index < -0.39 is 9.84 Å². The number of guanidine groups is 1. The number of hydrogen-bond acceptors (Lipinski definition) is 5. The van der Waals surface area contributed by atoms with Crippen molar-refractivity contribution < 1.29 is 8.42 Å². The monoisotopic (exact) mass is 273 g/mol. The Hall–Kier alpha value is -0.780. The predicted molar refractivity (Wildman–Crippen MR) is 73.2 cm³/mol. The van der Waals surface area contributed by atoms with E-state index >= 15 is 0 Å². The highest BCUT2D eigenvalue weighted by Gasteiger charge is 2.54. The Morgan fingerprint density at radius 1 is 1.56 bits per heavy atom. The average molecular weight is 273 g/mol. The van der Waals surface area contributed by atoms with E-state index in [1.807, 2.05) is 0 Å². The highest BCUT2D eigenvalue weighted by molar-refractivity contribution is 7.91. The fourth-order valence-electron chi connectivity index (χ4n) is 3.38. The van der Waals surface area contributed by atoms with Gasteiger partial charge in [0.05, 0.1) is 17.3 Å². The van der Waals surface area contributed by atoms with E-state index in [1.165, 1.54) is 6.26 Å². The van der Waals surface area contributed by atoms with Gasteiger partial charge >= 0.3 is 0 Å². The maximum Gasteiger partial charge on any atom is 0.191 e. The van der Waals surface area contributed by atoms with Crippen molar-refractivity contribution in [3.63, 3.8) is 0 Å². The van der Waals surface area contributed by atoms with Crippen LogP contribution in [0.15, 0.2) is 4.99 Å². The lowest BCUT2D eigenvalue weighted by Gasteiger charge is -2.40. The third-order valence-electron chi connectivity index (χ3n) is 4.07. The van der Waals surface area contributed by atoms with Crippen LogP contribution in [0.25, 0.3) is 0 Å². The summed E-state index contributed by atoms with van der Waals surface area (Å²) in [4.78, 5) is 6.38. The molecule has 0 radical (unpaired) electrons. The molecule has 2 N–H and O–H groups in total. The molecule has 104 valence electrons. The molecule has 1 fully saturated rings. The second-order valence-corrected chi connectivity index (χ2v) is 8.22. The zero-order chi connectivity index (χ0) is 13.6. The lowest BCUT2D eigenvalue weighted by molar-refractivity contribution is 0.190. The third kappa shape index (κ3) is 2.11. The average Bonchev–Trinajstić information content (AvgIpc) is 2.77. The van der Waals surface area contributed by atoms with E-state index in [0.717, 1.165) is 25.8 Å². The van der Waals surface area contributed by atoms with E-state index in [4.69, 9.17) is 5.73 Å². The number of sulfone groups is 1. The molecule has 2 rings (SSSR count). The van der Waals surface area contributed by atoms with Crippen LogP contribution in [-0.4, -0.2) is 49.4 Å². The quantitative estimate of drug-likeness (QED) is 0.817. The largest absolute Gasteiger partial charge is 0.370 e. The Balaban J connectivity index is 2.35. The third-order valence-corrected chi connectivity index (χ3v) is 5.78. The first-order valence-electron chi connectivity index (χ1n) is 6.54. The molecule has 2 aliphatic rings. The molecular weight excluding hydrogens is 250 g/mol. The Morgan fingerprint density at radius 3 is 2.78 bits per heavy atom. The maximum absolute atomic E-state index is 12.0. The van der Waals surface area contributed by atoms with Gasteiger partial charge in [0.25, 0.3) is 0 Å². The molecule has 2 atom stereocenters. The van der Waals surface area contributed by atoms with Gasteiger partial charge in [0.2, 0.25) is 0 Å². The first-order valence-corrected chi connectivity index (χ1v) is 8.49. The molecule has 2 unspecified atom stereocenters. The van der Waals surface area contributed by atoms with E-state index in [0.29, 0.717) is 18.4 Å². The smallest absolute Gasteiger partial charge is 0.191 e.